The number of carbonyl (C=O) groups excluding carboxylic acids is 3. The molecule has 6 N–H and O–H groups in total. The second kappa shape index (κ2) is 21.2. The molecular weight excluding hydrogens is 729 g/mol. The number of alkyl carbamates (subject to hydrolysis) is 1. The average Bonchev–Trinajstić information content (AvgIpc) is 3.83. The summed E-state index contributed by atoms with van der Waals surface area (Å²) in [6.45, 7) is 2.16. The number of aromatic amines is 1. The molecule has 4 atom stereocenters. The Kier molecular flexibility index (Phi) is 15.9. The molecule has 2 heterocycles. The number of amides is 3. The molecule has 0 aliphatic heterocycles. The summed E-state index contributed by atoms with van der Waals surface area (Å²) in [5.41, 5.74) is 9.66. The lowest BCUT2D eigenvalue weighted by Gasteiger charge is -2.28. The highest BCUT2D eigenvalue weighted by atomic mass is 31.2. The molecule has 0 radical (unpaired) electrons. The molecule has 13 heteroatoms. The zero-order valence-electron chi connectivity index (χ0n) is 32.0. The minimum atomic E-state index is -4.40. The van der Waals surface area contributed by atoms with Gasteiger partial charge >= 0.3 is 6.09 Å². The maximum absolute atomic E-state index is 14.5. The number of primary amides is 1. The van der Waals surface area contributed by atoms with E-state index in [4.69, 9.17) is 15.0 Å². The van der Waals surface area contributed by atoms with E-state index >= 15 is 0 Å². The van der Waals surface area contributed by atoms with Crippen molar-refractivity contribution in [1.82, 2.24) is 20.8 Å². The Balaban J connectivity index is 1.35. The third-order valence-electron chi connectivity index (χ3n) is 9.96. The van der Waals surface area contributed by atoms with Gasteiger partial charge in [0.25, 0.3) is 0 Å². The highest BCUT2D eigenvalue weighted by Gasteiger charge is 2.39. The molecule has 298 valence electrons. The number of aromatic nitrogens is 2. The van der Waals surface area contributed by atoms with Crippen LogP contribution in [0, 0.1) is 5.92 Å². The van der Waals surface area contributed by atoms with Crippen molar-refractivity contribution in [1.29, 1.82) is 0 Å². The van der Waals surface area contributed by atoms with Crippen LogP contribution in [0.4, 0.5) is 4.79 Å². The number of nitrogens with zero attached hydrogens (tertiary/aromatic N) is 1. The standard InChI is InChI=1S/C43H54N5O7P/c1-2-3-4-5-6-7-14-21-35-27-36(55-48-35)25-34(42(50)46-39(41(44)49)26-33-28-45-38-23-16-15-22-37(33)38)30-56(52,53)40(24-31-17-10-8-11-18-31)47-43(51)54-29-32-19-12-9-13-20-32/h8-13,15-20,22-23,27-28,34,39-40,45H,2-7,14,21,24-26,29-30H2,1H3,(H2,44,49)(H,46,50)(H,47,51)(H,52,53)/t34-,39+,40-/m1/s1. The summed E-state index contributed by atoms with van der Waals surface area (Å²) in [5, 5.41) is 10.5. The topological polar surface area (TPSA) is 190 Å². The number of fused-ring (bicyclic) bond motifs is 1. The fraction of sp³-hybridized carbons (Fsp3) is 0.395. The number of carbonyl (C=O) groups is 3. The van der Waals surface area contributed by atoms with E-state index in [0.717, 1.165) is 47.0 Å². The molecule has 0 fully saturated rings. The maximum Gasteiger partial charge on any atom is 0.408 e. The van der Waals surface area contributed by atoms with E-state index in [9.17, 15) is 23.8 Å². The van der Waals surface area contributed by atoms with Crippen LogP contribution in [0.5, 0.6) is 0 Å². The molecule has 3 aromatic carbocycles. The van der Waals surface area contributed by atoms with E-state index in [1.165, 1.54) is 25.7 Å². The number of hydrogen-bond acceptors (Lipinski definition) is 7. The second-order valence-corrected chi connectivity index (χ2v) is 16.9. The first-order chi connectivity index (χ1) is 27.1. The fourth-order valence-electron chi connectivity index (χ4n) is 6.82. The first-order valence-corrected chi connectivity index (χ1v) is 21.4. The molecule has 0 aliphatic carbocycles. The third-order valence-corrected chi connectivity index (χ3v) is 12.2. The van der Waals surface area contributed by atoms with Crippen molar-refractivity contribution in [3.05, 3.63) is 125 Å². The average molecular weight is 784 g/mol. The Bertz CT molecular complexity index is 2030. The van der Waals surface area contributed by atoms with Crippen LogP contribution in [-0.2, 0) is 51.2 Å². The van der Waals surface area contributed by atoms with Crippen molar-refractivity contribution in [3.63, 3.8) is 0 Å². The zero-order chi connectivity index (χ0) is 39.8. The van der Waals surface area contributed by atoms with Crippen LogP contribution in [0.25, 0.3) is 10.9 Å². The Morgan fingerprint density at radius 1 is 0.857 bits per heavy atom. The molecule has 12 nitrogen and oxygen atoms in total. The number of H-pyrrole nitrogens is 1. The predicted octanol–water partition coefficient (Wildman–Crippen LogP) is 7.59. The van der Waals surface area contributed by atoms with Gasteiger partial charge in [0.2, 0.25) is 19.2 Å². The number of nitrogens with two attached hydrogens (primary N) is 1. The fourth-order valence-corrected chi connectivity index (χ4v) is 8.81. The van der Waals surface area contributed by atoms with E-state index in [1.54, 1.807) is 48.7 Å². The molecular formula is C43H54N5O7P. The largest absolute Gasteiger partial charge is 0.445 e. The SMILES string of the molecule is CCCCCCCCCc1cc(C[C@H](CP(=O)(O)[C@H](Cc2ccccc2)NC(=O)OCc2ccccc2)C(=O)N[C@@H](Cc2c[nH]c3ccccc23)C(N)=O)on1. The van der Waals surface area contributed by atoms with Crippen molar-refractivity contribution in [2.24, 2.45) is 11.7 Å². The van der Waals surface area contributed by atoms with Gasteiger partial charge in [-0.3, -0.25) is 14.2 Å². The van der Waals surface area contributed by atoms with Gasteiger partial charge in [0.1, 0.15) is 24.2 Å². The highest BCUT2D eigenvalue weighted by molar-refractivity contribution is 7.58. The van der Waals surface area contributed by atoms with Gasteiger partial charge in [-0.25, -0.2) is 4.79 Å². The molecule has 5 aromatic rings. The summed E-state index contributed by atoms with van der Waals surface area (Å²) in [6, 6.07) is 26.3. The van der Waals surface area contributed by atoms with E-state index in [0.29, 0.717) is 17.7 Å². The van der Waals surface area contributed by atoms with Crippen LogP contribution in [0.15, 0.2) is 102 Å². The molecule has 0 bridgehead atoms. The number of hydrogen-bond donors (Lipinski definition) is 5. The summed E-state index contributed by atoms with van der Waals surface area (Å²) in [4.78, 5) is 55.0. The quantitative estimate of drug-likeness (QED) is 0.0331. The number of para-hydroxylation sites is 1. The van der Waals surface area contributed by atoms with Crippen molar-refractivity contribution >= 4 is 36.2 Å². The number of ether oxygens (including phenoxy) is 1. The smallest absolute Gasteiger partial charge is 0.408 e. The van der Waals surface area contributed by atoms with Crippen molar-refractivity contribution < 1.29 is 33.1 Å². The monoisotopic (exact) mass is 783 g/mol. The number of unbranched alkanes of at least 4 members (excludes halogenated alkanes) is 6. The van der Waals surface area contributed by atoms with E-state index < -0.39 is 49.2 Å². The first kappa shape index (κ1) is 42.0. The van der Waals surface area contributed by atoms with Gasteiger partial charge in [-0.15, -0.1) is 0 Å². The normalized spacial score (nSPS) is 14.0. The van der Waals surface area contributed by atoms with Crippen LogP contribution in [0.1, 0.15) is 80.0 Å². The van der Waals surface area contributed by atoms with Gasteiger partial charge in [-0.1, -0.05) is 129 Å². The van der Waals surface area contributed by atoms with E-state index in [-0.39, 0.29) is 25.9 Å². The van der Waals surface area contributed by atoms with Gasteiger partial charge in [-0.05, 0) is 35.6 Å². The van der Waals surface area contributed by atoms with Gasteiger partial charge in [0.05, 0.1) is 11.6 Å². The molecule has 5 rings (SSSR count). The van der Waals surface area contributed by atoms with Crippen LogP contribution in [0.2, 0.25) is 0 Å². The summed E-state index contributed by atoms with van der Waals surface area (Å²) in [7, 11) is -4.40. The van der Waals surface area contributed by atoms with Crippen molar-refractivity contribution in [2.75, 3.05) is 6.16 Å². The summed E-state index contributed by atoms with van der Waals surface area (Å²) >= 11 is 0. The minimum Gasteiger partial charge on any atom is -0.445 e. The van der Waals surface area contributed by atoms with Crippen molar-refractivity contribution in [3.8, 4) is 0 Å². The first-order valence-electron chi connectivity index (χ1n) is 19.5. The second-order valence-electron chi connectivity index (χ2n) is 14.4. The molecule has 1 unspecified atom stereocenters. The molecule has 3 amide bonds. The maximum atomic E-state index is 14.5. The lowest BCUT2D eigenvalue weighted by atomic mass is 10.0. The minimum absolute atomic E-state index is 0.00122. The van der Waals surface area contributed by atoms with Gasteiger partial charge in [0.15, 0.2) is 0 Å². The Labute approximate surface area is 328 Å². The zero-order valence-corrected chi connectivity index (χ0v) is 32.9. The molecule has 0 aliphatic rings. The molecule has 0 spiro atoms. The van der Waals surface area contributed by atoms with E-state index in [2.05, 4.69) is 27.7 Å². The van der Waals surface area contributed by atoms with Crippen LogP contribution in [-0.4, -0.2) is 50.9 Å². The van der Waals surface area contributed by atoms with Gasteiger partial charge in [0, 0.05) is 48.6 Å². The lowest BCUT2D eigenvalue weighted by Crippen LogP contribution is -2.49. The Hall–Kier alpha value is -5.19. The molecule has 56 heavy (non-hydrogen) atoms. The molecule has 0 saturated carbocycles. The van der Waals surface area contributed by atoms with Crippen LogP contribution >= 0.6 is 7.37 Å². The lowest BCUT2D eigenvalue weighted by molar-refractivity contribution is -0.129. The van der Waals surface area contributed by atoms with Crippen LogP contribution < -0.4 is 16.4 Å². The number of benzene rings is 3. The van der Waals surface area contributed by atoms with Gasteiger partial charge < -0.3 is 35.5 Å². The highest BCUT2D eigenvalue weighted by Crippen LogP contribution is 2.48. The number of nitrogens with one attached hydrogen (secondary N) is 3. The number of rotatable bonds is 23. The van der Waals surface area contributed by atoms with E-state index in [1.807, 2.05) is 48.5 Å². The van der Waals surface area contributed by atoms with Gasteiger partial charge in [-0.2, -0.15) is 0 Å². The summed E-state index contributed by atoms with van der Waals surface area (Å²) in [5.74, 6) is -3.50. The number of aryl methyl sites for hydroxylation is 1. The third kappa shape index (κ3) is 13.0. The van der Waals surface area contributed by atoms with Crippen LogP contribution in [0.3, 0.4) is 0 Å². The summed E-state index contributed by atoms with van der Waals surface area (Å²) in [6.07, 6.45) is 9.12. The molecule has 0 saturated heterocycles. The molecule has 2 aromatic heterocycles. The predicted molar refractivity (Wildman–Crippen MR) is 217 cm³/mol. The Morgan fingerprint density at radius 3 is 2.23 bits per heavy atom. The Morgan fingerprint density at radius 2 is 1.52 bits per heavy atom. The van der Waals surface area contributed by atoms with Crippen molar-refractivity contribution in [2.45, 2.75) is 96.0 Å². The summed E-state index contributed by atoms with van der Waals surface area (Å²) < 4.78 is 25.6.